The van der Waals surface area contributed by atoms with E-state index >= 15 is 0 Å². The maximum atomic E-state index is 2.44. The molecule has 2 atom stereocenters. The molecule has 0 radical (unpaired) electrons. The van der Waals surface area contributed by atoms with Gasteiger partial charge in [-0.2, -0.15) is 0 Å². The summed E-state index contributed by atoms with van der Waals surface area (Å²) in [5.74, 6) is 0.871. The van der Waals surface area contributed by atoms with Crippen LogP contribution < -0.4 is 0 Å². The lowest BCUT2D eigenvalue weighted by atomic mass is 9.66. The second-order valence-electron chi connectivity index (χ2n) is 8.75. The second-order valence-corrected chi connectivity index (χ2v) is 8.75. The molecule has 0 N–H and O–H groups in total. The average Bonchev–Trinajstić information content (AvgIpc) is 3.23. The molecule has 134 valence electrons. The van der Waals surface area contributed by atoms with Crippen molar-refractivity contribution < 1.29 is 0 Å². The van der Waals surface area contributed by atoms with E-state index < -0.39 is 0 Å². The molecule has 2 aromatic rings. The Morgan fingerprint density at radius 1 is 0.815 bits per heavy atom. The average molecular weight is 351 g/mol. The van der Waals surface area contributed by atoms with Gasteiger partial charge in [0.1, 0.15) is 0 Å². The van der Waals surface area contributed by atoms with Crippen molar-refractivity contribution in [1.29, 1.82) is 0 Å². The van der Waals surface area contributed by atoms with Gasteiger partial charge in [-0.15, -0.1) is 0 Å². The molecule has 0 nitrogen and oxygen atoms in total. The number of fused-ring (bicyclic) bond motifs is 3. The van der Waals surface area contributed by atoms with Crippen LogP contribution in [-0.2, 0) is 0 Å². The number of hydrogen-bond donors (Lipinski definition) is 0. The van der Waals surface area contributed by atoms with E-state index in [0.29, 0.717) is 11.8 Å². The van der Waals surface area contributed by atoms with Crippen LogP contribution in [0.3, 0.4) is 0 Å². The smallest absolute Gasteiger partial charge is 0.0119 e. The van der Waals surface area contributed by atoms with Crippen molar-refractivity contribution in [3.05, 3.63) is 105 Å². The monoisotopic (exact) mass is 350 g/mol. The second kappa shape index (κ2) is 5.70. The number of rotatable bonds is 2. The van der Waals surface area contributed by atoms with Crippen LogP contribution in [0.1, 0.15) is 61.8 Å². The molecular weight excluding hydrogens is 324 g/mol. The normalized spacial score (nSPS) is 23.0. The van der Waals surface area contributed by atoms with Gasteiger partial charge in [-0.3, -0.25) is 0 Å². The Balaban J connectivity index is 1.63. The number of allylic oxidation sites excluding steroid dienone is 6. The molecule has 0 heterocycles. The van der Waals surface area contributed by atoms with E-state index in [1.807, 2.05) is 0 Å². The predicted octanol–water partition coefficient (Wildman–Crippen LogP) is 7.28. The van der Waals surface area contributed by atoms with Crippen LogP contribution >= 0.6 is 0 Å². The summed E-state index contributed by atoms with van der Waals surface area (Å²) in [5, 5.41) is 0. The van der Waals surface area contributed by atoms with Gasteiger partial charge in [-0.1, -0.05) is 87.5 Å². The molecule has 0 fully saturated rings. The van der Waals surface area contributed by atoms with Gasteiger partial charge in [-0.25, -0.2) is 0 Å². The Morgan fingerprint density at radius 3 is 2.26 bits per heavy atom. The SMILES string of the molecule is CC1=C(C(C)(C)C2C=Cc3ccccc32)C2=Cc3ccccc3C(C)C2=C1. The molecule has 0 bridgehead atoms. The Labute approximate surface area is 162 Å². The summed E-state index contributed by atoms with van der Waals surface area (Å²) < 4.78 is 0. The van der Waals surface area contributed by atoms with E-state index in [9.17, 15) is 0 Å². The molecule has 0 aromatic heterocycles. The van der Waals surface area contributed by atoms with E-state index in [1.165, 1.54) is 44.5 Å². The molecule has 3 aliphatic carbocycles. The fourth-order valence-corrected chi connectivity index (χ4v) is 5.50. The molecule has 0 saturated heterocycles. The number of hydrogen-bond acceptors (Lipinski definition) is 0. The first kappa shape index (κ1) is 16.6. The highest BCUT2D eigenvalue weighted by molar-refractivity contribution is 5.79. The minimum absolute atomic E-state index is 0.0449. The lowest BCUT2D eigenvalue weighted by molar-refractivity contribution is 0.405. The topological polar surface area (TPSA) is 0 Å². The van der Waals surface area contributed by atoms with E-state index in [4.69, 9.17) is 0 Å². The first-order chi connectivity index (χ1) is 13.0. The fourth-order valence-electron chi connectivity index (χ4n) is 5.50. The molecule has 27 heavy (non-hydrogen) atoms. The summed E-state index contributed by atoms with van der Waals surface area (Å²) in [6.45, 7) is 9.49. The Morgan fingerprint density at radius 2 is 1.48 bits per heavy atom. The minimum Gasteiger partial charge on any atom is -0.0755 e. The van der Waals surface area contributed by atoms with Gasteiger partial charge in [0.2, 0.25) is 0 Å². The van der Waals surface area contributed by atoms with Crippen LogP contribution in [0.15, 0.2) is 83.0 Å². The van der Waals surface area contributed by atoms with Crippen LogP contribution in [-0.4, -0.2) is 0 Å². The first-order valence-corrected chi connectivity index (χ1v) is 10.00. The molecule has 5 rings (SSSR count). The summed E-state index contributed by atoms with van der Waals surface area (Å²) >= 11 is 0. The van der Waals surface area contributed by atoms with Gasteiger partial charge in [0.05, 0.1) is 0 Å². The fraction of sp³-hybridized carbons (Fsp3) is 0.259. The molecular formula is C27H26. The van der Waals surface area contributed by atoms with Crippen molar-refractivity contribution in [3.8, 4) is 0 Å². The van der Waals surface area contributed by atoms with E-state index in [2.05, 4.69) is 101 Å². The summed E-state index contributed by atoms with van der Waals surface area (Å²) in [6.07, 6.45) is 9.57. The quantitative estimate of drug-likeness (QED) is 0.534. The lowest BCUT2D eigenvalue weighted by Crippen LogP contribution is -2.25. The summed E-state index contributed by atoms with van der Waals surface area (Å²) in [4.78, 5) is 0. The Kier molecular flexibility index (Phi) is 3.49. The number of benzene rings is 2. The van der Waals surface area contributed by atoms with Gasteiger partial charge >= 0.3 is 0 Å². The molecule has 0 amide bonds. The highest BCUT2D eigenvalue weighted by Crippen LogP contribution is 2.56. The van der Waals surface area contributed by atoms with Gasteiger partial charge in [0, 0.05) is 17.3 Å². The predicted molar refractivity (Wildman–Crippen MR) is 116 cm³/mol. The van der Waals surface area contributed by atoms with E-state index in [-0.39, 0.29) is 5.41 Å². The van der Waals surface area contributed by atoms with Crippen molar-refractivity contribution >= 4 is 12.2 Å². The molecule has 2 aromatic carbocycles. The lowest BCUT2D eigenvalue weighted by Gasteiger charge is -2.37. The largest absolute Gasteiger partial charge is 0.0755 e. The van der Waals surface area contributed by atoms with Gasteiger partial charge in [-0.05, 0) is 57.5 Å². The minimum atomic E-state index is 0.0449. The highest BCUT2D eigenvalue weighted by atomic mass is 14.4. The molecule has 0 aliphatic heterocycles. The van der Waals surface area contributed by atoms with Crippen molar-refractivity contribution in [2.75, 3.05) is 0 Å². The molecule has 2 unspecified atom stereocenters. The van der Waals surface area contributed by atoms with Gasteiger partial charge in [0.25, 0.3) is 0 Å². The third kappa shape index (κ3) is 2.29. The first-order valence-electron chi connectivity index (χ1n) is 10.00. The zero-order valence-electron chi connectivity index (χ0n) is 16.6. The third-order valence-corrected chi connectivity index (χ3v) is 6.80. The Hall–Kier alpha value is -2.60. The summed E-state index contributed by atoms with van der Waals surface area (Å²) in [5.41, 5.74) is 11.6. The van der Waals surface area contributed by atoms with Crippen molar-refractivity contribution in [2.45, 2.75) is 39.5 Å². The van der Waals surface area contributed by atoms with Crippen molar-refractivity contribution in [1.82, 2.24) is 0 Å². The molecule has 3 aliphatic rings. The van der Waals surface area contributed by atoms with Crippen LogP contribution in [0.4, 0.5) is 0 Å². The van der Waals surface area contributed by atoms with E-state index in [1.54, 1.807) is 0 Å². The van der Waals surface area contributed by atoms with Crippen molar-refractivity contribution in [3.63, 3.8) is 0 Å². The van der Waals surface area contributed by atoms with Gasteiger partial charge in [0.15, 0.2) is 0 Å². The summed E-state index contributed by atoms with van der Waals surface area (Å²) in [7, 11) is 0. The maximum absolute atomic E-state index is 2.44. The molecule has 0 heteroatoms. The third-order valence-electron chi connectivity index (χ3n) is 6.80. The standard InChI is InChI=1S/C27H26/c1-17-15-23-18(2)21-11-7-6-10-20(21)16-24(23)26(17)27(3,4)25-14-13-19-9-5-8-12-22(19)25/h5-16,18,25H,1-4H3. The molecule has 0 saturated carbocycles. The van der Waals surface area contributed by atoms with Crippen LogP contribution in [0.25, 0.3) is 12.2 Å². The maximum Gasteiger partial charge on any atom is 0.0119 e. The van der Waals surface area contributed by atoms with Crippen molar-refractivity contribution in [2.24, 2.45) is 5.41 Å². The Bertz CT molecular complexity index is 1070. The zero-order chi connectivity index (χ0) is 18.8. The zero-order valence-corrected chi connectivity index (χ0v) is 16.6. The highest BCUT2D eigenvalue weighted by Gasteiger charge is 2.41. The van der Waals surface area contributed by atoms with Crippen LogP contribution in [0.5, 0.6) is 0 Å². The summed E-state index contributed by atoms with van der Waals surface area (Å²) in [6, 6.07) is 17.7. The van der Waals surface area contributed by atoms with E-state index in [0.717, 1.165) is 0 Å². The van der Waals surface area contributed by atoms with Gasteiger partial charge < -0.3 is 0 Å². The van der Waals surface area contributed by atoms with Crippen LogP contribution in [0.2, 0.25) is 0 Å². The molecule has 0 spiro atoms. The van der Waals surface area contributed by atoms with Crippen LogP contribution in [0, 0.1) is 5.41 Å².